The number of hydrogen-bond acceptors (Lipinski definition) is 2. The fraction of sp³-hybridized carbons (Fsp3) is 0.875. The Morgan fingerprint density at radius 3 is 2.23 bits per heavy atom. The lowest BCUT2D eigenvalue weighted by atomic mass is 10.2. The summed E-state index contributed by atoms with van der Waals surface area (Å²) in [6.07, 6.45) is 0. The van der Waals surface area contributed by atoms with Crippen molar-refractivity contribution in [2.24, 2.45) is 0 Å². The minimum absolute atomic E-state index is 0.0548. The van der Waals surface area contributed by atoms with Gasteiger partial charge in [-0.2, -0.15) is 8.78 Å². The Kier molecular flexibility index (Phi) is 4.26. The van der Waals surface area contributed by atoms with Crippen molar-refractivity contribution >= 4 is 5.91 Å². The Bertz CT molecular complexity index is 181. The van der Waals surface area contributed by atoms with Crippen LogP contribution in [0.2, 0.25) is 0 Å². The monoisotopic (exact) mass is 194 g/mol. The van der Waals surface area contributed by atoms with Crippen molar-refractivity contribution in [3.05, 3.63) is 0 Å². The van der Waals surface area contributed by atoms with Crippen LogP contribution in [-0.2, 0) is 4.79 Å². The van der Waals surface area contributed by atoms with E-state index < -0.39 is 18.4 Å². The van der Waals surface area contributed by atoms with Crippen LogP contribution in [0.25, 0.3) is 0 Å². The SMILES string of the molecule is CC(C)NCC(F)(F)C(=O)N(C)C. The second-order valence-electron chi connectivity index (χ2n) is 3.44. The van der Waals surface area contributed by atoms with E-state index in [1.54, 1.807) is 13.8 Å². The van der Waals surface area contributed by atoms with E-state index in [2.05, 4.69) is 5.32 Å². The number of amides is 1. The first-order chi connectivity index (χ1) is 5.77. The summed E-state index contributed by atoms with van der Waals surface area (Å²) >= 11 is 0. The van der Waals surface area contributed by atoms with Gasteiger partial charge in [-0.15, -0.1) is 0 Å². The summed E-state index contributed by atoms with van der Waals surface area (Å²) in [6, 6.07) is -0.0548. The lowest BCUT2D eigenvalue weighted by molar-refractivity contribution is -0.154. The molecule has 5 heteroatoms. The van der Waals surface area contributed by atoms with E-state index in [0.717, 1.165) is 4.90 Å². The zero-order valence-corrected chi connectivity index (χ0v) is 8.40. The Balaban J connectivity index is 4.14. The third kappa shape index (κ3) is 4.17. The molecule has 0 saturated carbocycles. The van der Waals surface area contributed by atoms with Gasteiger partial charge in [-0.3, -0.25) is 4.79 Å². The van der Waals surface area contributed by atoms with Gasteiger partial charge in [0.1, 0.15) is 0 Å². The highest BCUT2D eigenvalue weighted by molar-refractivity contribution is 5.83. The molecular formula is C8H16F2N2O. The number of carbonyl (C=O) groups excluding carboxylic acids is 1. The number of alkyl halides is 2. The van der Waals surface area contributed by atoms with Crippen LogP contribution in [0.5, 0.6) is 0 Å². The van der Waals surface area contributed by atoms with E-state index >= 15 is 0 Å². The topological polar surface area (TPSA) is 32.3 Å². The minimum atomic E-state index is -3.31. The number of nitrogens with one attached hydrogen (secondary N) is 1. The highest BCUT2D eigenvalue weighted by atomic mass is 19.3. The molecule has 3 nitrogen and oxygen atoms in total. The summed E-state index contributed by atoms with van der Waals surface area (Å²) in [5.74, 6) is -4.48. The van der Waals surface area contributed by atoms with Crippen molar-refractivity contribution < 1.29 is 13.6 Å². The molecular weight excluding hydrogens is 178 g/mol. The van der Waals surface area contributed by atoms with Crippen molar-refractivity contribution in [1.82, 2.24) is 10.2 Å². The zero-order valence-electron chi connectivity index (χ0n) is 8.40. The van der Waals surface area contributed by atoms with E-state index in [-0.39, 0.29) is 6.04 Å². The summed E-state index contributed by atoms with van der Waals surface area (Å²) in [4.78, 5) is 11.8. The van der Waals surface area contributed by atoms with E-state index in [4.69, 9.17) is 0 Å². The van der Waals surface area contributed by atoms with Gasteiger partial charge in [-0.25, -0.2) is 0 Å². The van der Waals surface area contributed by atoms with Crippen LogP contribution in [0.15, 0.2) is 0 Å². The van der Waals surface area contributed by atoms with Crippen molar-refractivity contribution in [2.75, 3.05) is 20.6 Å². The fourth-order valence-electron chi connectivity index (χ4n) is 0.735. The van der Waals surface area contributed by atoms with Gasteiger partial charge in [-0.05, 0) is 0 Å². The molecule has 0 aliphatic rings. The molecule has 0 aromatic rings. The van der Waals surface area contributed by atoms with Crippen LogP contribution in [0.4, 0.5) is 8.78 Å². The number of carbonyl (C=O) groups is 1. The lowest BCUT2D eigenvalue weighted by Gasteiger charge is -2.21. The number of hydrogen-bond donors (Lipinski definition) is 1. The first kappa shape index (κ1) is 12.3. The molecule has 0 bridgehead atoms. The second-order valence-corrected chi connectivity index (χ2v) is 3.44. The van der Waals surface area contributed by atoms with E-state index in [9.17, 15) is 13.6 Å². The Morgan fingerprint density at radius 1 is 1.46 bits per heavy atom. The van der Waals surface area contributed by atoms with Gasteiger partial charge in [0, 0.05) is 20.1 Å². The second kappa shape index (κ2) is 4.50. The van der Waals surface area contributed by atoms with Gasteiger partial charge in [0.25, 0.3) is 5.91 Å². The molecule has 0 fully saturated rings. The first-order valence-electron chi connectivity index (χ1n) is 4.10. The van der Waals surface area contributed by atoms with Gasteiger partial charge in [0.2, 0.25) is 0 Å². The molecule has 0 saturated heterocycles. The summed E-state index contributed by atoms with van der Waals surface area (Å²) in [5, 5.41) is 2.52. The van der Waals surface area contributed by atoms with E-state index in [1.807, 2.05) is 0 Å². The van der Waals surface area contributed by atoms with Gasteiger partial charge in [-0.1, -0.05) is 13.8 Å². The summed E-state index contributed by atoms with van der Waals surface area (Å²) < 4.78 is 25.9. The average Bonchev–Trinajstić information content (AvgIpc) is 1.99. The molecule has 0 aromatic carbocycles. The first-order valence-corrected chi connectivity index (χ1v) is 4.10. The van der Waals surface area contributed by atoms with Crippen LogP contribution in [0, 0.1) is 0 Å². The smallest absolute Gasteiger partial charge is 0.336 e. The maximum Gasteiger partial charge on any atom is 0.336 e. The molecule has 0 rings (SSSR count). The standard InChI is InChI=1S/C8H16F2N2O/c1-6(2)11-5-8(9,10)7(13)12(3)4/h6,11H,5H2,1-4H3. The van der Waals surface area contributed by atoms with Gasteiger partial charge in [0.05, 0.1) is 6.54 Å². The summed E-state index contributed by atoms with van der Waals surface area (Å²) in [6.45, 7) is 2.88. The summed E-state index contributed by atoms with van der Waals surface area (Å²) in [5.41, 5.74) is 0. The maximum atomic E-state index is 13.0. The van der Waals surface area contributed by atoms with Crippen LogP contribution in [-0.4, -0.2) is 43.4 Å². The predicted octanol–water partition coefficient (Wildman–Crippen LogP) is 0.708. The molecule has 0 radical (unpaired) electrons. The molecule has 0 unspecified atom stereocenters. The molecule has 78 valence electrons. The van der Waals surface area contributed by atoms with Crippen LogP contribution in [0.1, 0.15) is 13.8 Å². The van der Waals surface area contributed by atoms with Crippen molar-refractivity contribution in [1.29, 1.82) is 0 Å². The number of rotatable bonds is 4. The predicted molar refractivity (Wildman–Crippen MR) is 46.8 cm³/mol. The fourth-order valence-corrected chi connectivity index (χ4v) is 0.735. The highest BCUT2D eigenvalue weighted by Gasteiger charge is 2.39. The molecule has 1 amide bonds. The third-order valence-corrected chi connectivity index (χ3v) is 1.45. The van der Waals surface area contributed by atoms with Crippen LogP contribution < -0.4 is 5.32 Å². The summed E-state index contributed by atoms with van der Waals surface area (Å²) in [7, 11) is 2.62. The Labute approximate surface area is 77.1 Å². The average molecular weight is 194 g/mol. The van der Waals surface area contributed by atoms with Gasteiger partial charge >= 0.3 is 5.92 Å². The molecule has 0 aromatic heterocycles. The molecule has 1 N–H and O–H groups in total. The zero-order chi connectivity index (χ0) is 10.6. The minimum Gasteiger partial charge on any atom is -0.344 e. The van der Waals surface area contributed by atoms with Crippen molar-refractivity contribution in [3.63, 3.8) is 0 Å². The number of nitrogens with zero attached hydrogens (tertiary/aromatic N) is 1. The van der Waals surface area contributed by atoms with Crippen LogP contribution >= 0.6 is 0 Å². The highest BCUT2D eigenvalue weighted by Crippen LogP contribution is 2.14. The molecule has 0 spiro atoms. The quantitative estimate of drug-likeness (QED) is 0.714. The third-order valence-electron chi connectivity index (χ3n) is 1.45. The van der Waals surface area contributed by atoms with Crippen LogP contribution in [0.3, 0.4) is 0 Å². The normalized spacial score (nSPS) is 11.9. The van der Waals surface area contributed by atoms with E-state index in [1.165, 1.54) is 14.1 Å². The molecule has 0 atom stereocenters. The maximum absolute atomic E-state index is 13.0. The molecule has 13 heavy (non-hydrogen) atoms. The molecule has 0 aliphatic heterocycles. The number of halogens is 2. The van der Waals surface area contributed by atoms with Crippen molar-refractivity contribution in [3.8, 4) is 0 Å². The van der Waals surface area contributed by atoms with Gasteiger partial charge in [0.15, 0.2) is 0 Å². The van der Waals surface area contributed by atoms with E-state index in [0.29, 0.717) is 0 Å². The van der Waals surface area contributed by atoms with Gasteiger partial charge < -0.3 is 10.2 Å². The molecule has 0 aliphatic carbocycles. The molecule has 0 heterocycles. The van der Waals surface area contributed by atoms with Crippen molar-refractivity contribution in [2.45, 2.75) is 25.8 Å². The largest absolute Gasteiger partial charge is 0.344 e. The lowest BCUT2D eigenvalue weighted by Crippen LogP contribution is -2.47. The Morgan fingerprint density at radius 2 is 1.92 bits per heavy atom. The Hall–Kier alpha value is -0.710.